The van der Waals surface area contributed by atoms with Gasteiger partial charge in [0, 0.05) is 5.69 Å². The number of benzene rings is 1. The number of aliphatic carboxylic acids is 1. The molecule has 0 fully saturated rings. The molecule has 0 heterocycles. The van der Waals surface area contributed by atoms with Crippen LogP contribution in [0.1, 0.15) is 19.8 Å². The molecule has 0 aliphatic rings. The Hall–Kier alpha value is -2.35. The van der Waals surface area contributed by atoms with E-state index < -0.39 is 29.0 Å². The predicted molar refractivity (Wildman–Crippen MR) is 95.9 cm³/mol. The van der Waals surface area contributed by atoms with Gasteiger partial charge < -0.3 is 15.7 Å². The molecule has 1 rings (SSSR count). The minimum absolute atomic E-state index is 0.0103. The Morgan fingerprint density at radius 2 is 1.96 bits per heavy atom. The fourth-order valence-electron chi connectivity index (χ4n) is 1.84. The molecular weight excluding hydrogens is 347 g/mol. The van der Waals surface area contributed by atoms with Gasteiger partial charge in [0.15, 0.2) is 0 Å². The summed E-state index contributed by atoms with van der Waals surface area (Å²) in [5.74, 6) is -2.28. The van der Waals surface area contributed by atoms with Crippen molar-refractivity contribution in [3.63, 3.8) is 0 Å². The Bertz CT molecular complexity index is 622. The van der Waals surface area contributed by atoms with Crippen LogP contribution >= 0.6 is 11.8 Å². The number of allylic oxidation sites excluding steroid dienone is 1. The van der Waals surface area contributed by atoms with Gasteiger partial charge >= 0.3 is 5.97 Å². The normalized spacial score (nSPS) is 12.7. The number of amides is 2. The number of carboxylic acid groups (broad SMARTS) is 1. The summed E-state index contributed by atoms with van der Waals surface area (Å²) in [6.45, 7) is 5.11. The van der Waals surface area contributed by atoms with Gasteiger partial charge in [-0.3, -0.25) is 9.59 Å². The SMILES string of the molecule is C=CCCC(NC(=O)C(C)SCC(=O)Nc1ccc(F)cc1)C(=O)O. The third-order valence-corrected chi connectivity index (χ3v) is 4.38. The number of hydrogen-bond donors (Lipinski definition) is 3. The summed E-state index contributed by atoms with van der Waals surface area (Å²) < 4.78 is 12.8. The highest BCUT2D eigenvalue weighted by Crippen LogP contribution is 2.13. The Morgan fingerprint density at radius 1 is 1.32 bits per heavy atom. The van der Waals surface area contributed by atoms with E-state index in [1.807, 2.05) is 0 Å². The molecule has 1 aromatic carbocycles. The lowest BCUT2D eigenvalue weighted by atomic mass is 10.1. The van der Waals surface area contributed by atoms with E-state index in [4.69, 9.17) is 5.11 Å². The fraction of sp³-hybridized carbons (Fsp3) is 0.353. The van der Waals surface area contributed by atoms with Crippen LogP contribution in [0.15, 0.2) is 36.9 Å². The Balaban J connectivity index is 2.43. The number of anilines is 1. The highest BCUT2D eigenvalue weighted by atomic mass is 32.2. The fourth-order valence-corrected chi connectivity index (χ4v) is 2.53. The van der Waals surface area contributed by atoms with E-state index in [1.165, 1.54) is 24.3 Å². The maximum Gasteiger partial charge on any atom is 0.326 e. The van der Waals surface area contributed by atoms with E-state index >= 15 is 0 Å². The molecule has 1 aromatic rings. The van der Waals surface area contributed by atoms with E-state index in [1.54, 1.807) is 13.0 Å². The third-order valence-electron chi connectivity index (χ3n) is 3.24. The smallest absolute Gasteiger partial charge is 0.326 e. The minimum Gasteiger partial charge on any atom is -0.480 e. The van der Waals surface area contributed by atoms with E-state index in [0.717, 1.165) is 11.8 Å². The summed E-state index contributed by atoms with van der Waals surface area (Å²) in [6.07, 6.45) is 2.31. The van der Waals surface area contributed by atoms with Crippen molar-refractivity contribution in [3.8, 4) is 0 Å². The highest BCUT2D eigenvalue weighted by molar-refractivity contribution is 8.01. The molecule has 0 spiro atoms. The maximum atomic E-state index is 12.8. The number of hydrogen-bond acceptors (Lipinski definition) is 4. The van der Waals surface area contributed by atoms with Crippen LogP contribution in [0.5, 0.6) is 0 Å². The summed E-state index contributed by atoms with van der Waals surface area (Å²) in [7, 11) is 0. The molecule has 6 nitrogen and oxygen atoms in total. The zero-order valence-electron chi connectivity index (χ0n) is 13.8. The summed E-state index contributed by atoms with van der Waals surface area (Å²) in [5, 5.41) is 13.5. The van der Waals surface area contributed by atoms with E-state index in [-0.39, 0.29) is 18.1 Å². The van der Waals surface area contributed by atoms with Gasteiger partial charge in [-0.2, -0.15) is 0 Å². The second-order valence-corrected chi connectivity index (χ2v) is 6.60. The van der Waals surface area contributed by atoms with Crippen molar-refractivity contribution in [2.45, 2.75) is 31.1 Å². The predicted octanol–water partition coefficient (Wildman–Crippen LogP) is 2.42. The monoisotopic (exact) mass is 368 g/mol. The van der Waals surface area contributed by atoms with Crippen LogP contribution in [0.3, 0.4) is 0 Å². The minimum atomic E-state index is -1.11. The van der Waals surface area contributed by atoms with Crippen molar-refractivity contribution in [1.29, 1.82) is 0 Å². The molecule has 0 aliphatic heterocycles. The van der Waals surface area contributed by atoms with E-state index in [9.17, 15) is 18.8 Å². The quantitative estimate of drug-likeness (QED) is 0.551. The average molecular weight is 368 g/mol. The Kier molecular flexibility index (Phi) is 8.69. The van der Waals surface area contributed by atoms with Crippen molar-refractivity contribution in [3.05, 3.63) is 42.7 Å². The van der Waals surface area contributed by atoms with Crippen LogP contribution in [0.4, 0.5) is 10.1 Å². The summed E-state index contributed by atoms with van der Waals surface area (Å²) in [6, 6.07) is 4.35. The summed E-state index contributed by atoms with van der Waals surface area (Å²) >= 11 is 1.08. The van der Waals surface area contributed by atoms with E-state index in [2.05, 4.69) is 17.2 Å². The van der Waals surface area contributed by atoms with Crippen LogP contribution in [-0.4, -0.2) is 39.9 Å². The van der Waals surface area contributed by atoms with Crippen molar-refractivity contribution in [2.24, 2.45) is 0 Å². The van der Waals surface area contributed by atoms with Gasteiger partial charge in [-0.1, -0.05) is 6.08 Å². The Morgan fingerprint density at radius 3 is 2.52 bits per heavy atom. The highest BCUT2D eigenvalue weighted by Gasteiger charge is 2.23. The molecule has 2 atom stereocenters. The van der Waals surface area contributed by atoms with Crippen molar-refractivity contribution in [1.82, 2.24) is 5.32 Å². The summed E-state index contributed by atoms with van der Waals surface area (Å²) in [5.41, 5.74) is 0.458. The zero-order chi connectivity index (χ0) is 18.8. The molecule has 2 amide bonds. The lowest BCUT2D eigenvalue weighted by Crippen LogP contribution is -2.44. The standard InChI is InChI=1S/C17H21FN2O4S/c1-3-4-5-14(17(23)24)20-16(22)11(2)25-10-15(21)19-13-8-6-12(18)7-9-13/h3,6-9,11,14H,1,4-5,10H2,2H3,(H,19,21)(H,20,22)(H,23,24). The van der Waals surface area contributed by atoms with Crippen LogP contribution in [0.2, 0.25) is 0 Å². The third kappa shape index (κ3) is 7.84. The zero-order valence-corrected chi connectivity index (χ0v) is 14.6. The van der Waals surface area contributed by atoms with Gasteiger partial charge in [-0.05, 0) is 44.0 Å². The molecule has 0 saturated carbocycles. The van der Waals surface area contributed by atoms with Crippen LogP contribution < -0.4 is 10.6 Å². The Labute approximate surface area is 149 Å². The number of halogens is 1. The number of carboxylic acids is 1. The second kappa shape index (κ2) is 10.5. The molecule has 3 N–H and O–H groups in total. The van der Waals surface area contributed by atoms with Gasteiger partial charge in [0.1, 0.15) is 11.9 Å². The first-order chi connectivity index (χ1) is 11.8. The summed E-state index contributed by atoms with van der Waals surface area (Å²) in [4.78, 5) is 35.0. The molecule has 25 heavy (non-hydrogen) atoms. The van der Waals surface area contributed by atoms with Gasteiger partial charge in [-0.25, -0.2) is 9.18 Å². The molecule has 0 radical (unpaired) electrons. The maximum absolute atomic E-state index is 12.8. The molecule has 0 bridgehead atoms. The number of carbonyl (C=O) groups excluding carboxylic acids is 2. The molecule has 136 valence electrons. The molecule has 0 aliphatic carbocycles. The van der Waals surface area contributed by atoms with Crippen LogP contribution in [0, 0.1) is 5.82 Å². The van der Waals surface area contributed by atoms with Crippen molar-refractivity contribution >= 4 is 35.2 Å². The first-order valence-corrected chi connectivity index (χ1v) is 8.69. The average Bonchev–Trinajstić information content (AvgIpc) is 2.58. The van der Waals surface area contributed by atoms with Gasteiger partial charge in [0.25, 0.3) is 0 Å². The second-order valence-electron chi connectivity index (χ2n) is 5.27. The largest absolute Gasteiger partial charge is 0.480 e. The van der Waals surface area contributed by atoms with Crippen molar-refractivity contribution in [2.75, 3.05) is 11.1 Å². The number of thioether (sulfide) groups is 1. The molecule has 0 saturated heterocycles. The lowest BCUT2D eigenvalue weighted by molar-refractivity contribution is -0.141. The lowest BCUT2D eigenvalue weighted by Gasteiger charge is -2.17. The van der Waals surface area contributed by atoms with Crippen molar-refractivity contribution < 1.29 is 23.9 Å². The van der Waals surface area contributed by atoms with Crippen LogP contribution in [-0.2, 0) is 14.4 Å². The number of nitrogens with one attached hydrogen (secondary N) is 2. The van der Waals surface area contributed by atoms with Crippen LogP contribution in [0.25, 0.3) is 0 Å². The van der Waals surface area contributed by atoms with Gasteiger partial charge in [-0.15, -0.1) is 18.3 Å². The molecule has 2 unspecified atom stereocenters. The first kappa shape index (κ1) is 20.7. The van der Waals surface area contributed by atoms with Gasteiger partial charge in [0.05, 0.1) is 11.0 Å². The molecule has 0 aromatic heterocycles. The number of carbonyl (C=O) groups is 3. The first-order valence-electron chi connectivity index (χ1n) is 7.64. The topological polar surface area (TPSA) is 95.5 Å². The molecule has 8 heteroatoms. The van der Waals surface area contributed by atoms with Gasteiger partial charge in [0.2, 0.25) is 11.8 Å². The number of rotatable bonds is 10. The van der Waals surface area contributed by atoms with E-state index in [0.29, 0.717) is 12.1 Å². The molecular formula is C17H21FN2O4S.